The minimum absolute atomic E-state index is 0. The predicted octanol–water partition coefficient (Wildman–Crippen LogP) is 10.5. The van der Waals surface area contributed by atoms with Crippen molar-refractivity contribution in [3.05, 3.63) is 114 Å². The third-order valence-corrected chi connectivity index (χ3v) is 8.73. The monoisotopic (exact) mass is 762 g/mol. The number of thiazole rings is 1. The fraction of sp³-hybridized carbons (Fsp3) is 0.211. The normalized spacial score (nSPS) is 11.9. The van der Waals surface area contributed by atoms with Crippen molar-refractivity contribution in [1.29, 1.82) is 0 Å². The molecule has 0 amide bonds. The first-order valence-corrected chi connectivity index (χ1v) is 15.1. The van der Waals surface area contributed by atoms with Gasteiger partial charge in [0.2, 0.25) is 0 Å². The molecule has 0 saturated carbocycles. The number of hydrogen-bond donors (Lipinski definition) is 1. The fourth-order valence-electron chi connectivity index (χ4n) is 5.13. The van der Waals surface area contributed by atoms with Crippen molar-refractivity contribution in [2.24, 2.45) is 0 Å². The molecule has 0 aliphatic carbocycles. The van der Waals surface area contributed by atoms with Crippen LogP contribution in [-0.4, -0.2) is 15.1 Å². The first-order valence-electron chi connectivity index (χ1n) is 14.3. The summed E-state index contributed by atoms with van der Waals surface area (Å²) in [5.41, 5.74) is 10.1. The van der Waals surface area contributed by atoms with Crippen LogP contribution < -0.4 is 0 Å². The van der Waals surface area contributed by atoms with Gasteiger partial charge in [0.25, 0.3) is 0 Å². The second kappa shape index (κ2) is 11.8. The van der Waals surface area contributed by atoms with Gasteiger partial charge in [-0.1, -0.05) is 107 Å². The van der Waals surface area contributed by atoms with Crippen LogP contribution in [0, 0.1) is 6.07 Å². The van der Waals surface area contributed by atoms with Gasteiger partial charge >= 0.3 is 0 Å². The van der Waals surface area contributed by atoms with E-state index in [2.05, 4.69) is 102 Å². The number of benzene rings is 4. The van der Waals surface area contributed by atoms with Gasteiger partial charge in [0.05, 0.1) is 11.1 Å². The number of phenolic OH excluding ortho intramolecular Hbond substituents is 1. The Hall–Kier alpha value is -3.59. The Morgan fingerprint density at radius 1 is 0.674 bits per heavy atom. The third-order valence-electron chi connectivity index (χ3n) is 7.68. The largest absolute Gasteiger partial charge is 0.507 e. The number of nitrogens with zero attached hydrogens (tertiary/aromatic N) is 2. The maximum Gasteiger partial charge on any atom is 0.127 e. The SMILES string of the molecule is CC(C)(C)c1cc(-c2cc(C(C)(C)C)ccn2)[c-]c(-c2cccc3sc(-c4cc(-c5ccccc5)ccc4O)nc23)c1.[Pt]. The van der Waals surface area contributed by atoms with E-state index < -0.39 is 0 Å². The Labute approximate surface area is 273 Å². The number of rotatable bonds is 4. The molecule has 3 nitrogen and oxygen atoms in total. The zero-order valence-corrected chi connectivity index (χ0v) is 28.4. The topological polar surface area (TPSA) is 46.0 Å². The van der Waals surface area contributed by atoms with Gasteiger partial charge in [-0.25, -0.2) is 4.98 Å². The molecule has 4 aromatic carbocycles. The van der Waals surface area contributed by atoms with E-state index in [0.29, 0.717) is 0 Å². The van der Waals surface area contributed by atoms with Gasteiger partial charge in [0, 0.05) is 37.7 Å². The molecule has 0 aliphatic heterocycles. The van der Waals surface area contributed by atoms with E-state index >= 15 is 0 Å². The van der Waals surface area contributed by atoms with E-state index in [-0.39, 0.29) is 37.6 Å². The van der Waals surface area contributed by atoms with Crippen molar-refractivity contribution in [3.8, 4) is 49.8 Å². The van der Waals surface area contributed by atoms with Crippen LogP contribution in [-0.2, 0) is 31.9 Å². The number of phenols is 1. The third kappa shape index (κ3) is 6.37. The molecular weight excluding hydrogens is 728 g/mol. The molecule has 43 heavy (non-hydrogen) atoms. The fourth-order valence-corrected chi connectivity index (χ4v) is 6.15. The van der Waals surface area contributed by atoms with Gasteiger partial charge in [0.15, 0.2) is 0 Å². The summed E-state index contributed by atoms with van der Waals surface area (Å²) in [5, 5.41) is 11.7. The van der Waals surface area contributed by atoms with Crippen molar-refractivity contribution in [1.82, 2.24) is 9.97 Å². The molecule has 0 fully saturated rings. The summed E-state index contributed by atoms with van der Waals surface area (Å²) in [6, 6.07) is 34.7. The molecule has 6 aromatic rings. The van der Waals surface area contributed by atoms with E-state index in [1.807, 2.05) is 36.5 Å². The second-order valence-corrected chi connectivity index (χ2v) is 13.9. The number of aromatic nitrogens is 2. The van der Waals surface area contributed by atoms with Crippen LogP contribution in [0.3, 0.4) is 0 Å². The van der Waals surface area contributed by atoms with Crippen LogP contribution in [0.1, 0.15) is 52.7 Å². The Balaban J connectivity index is 0.00000368. The molecule has 0 spiro atoms. The second-order valence-electron chi connectivity index (χ2n) is 12.9. The van der Waals surface area contributed by atoms with Crippen molar-refractivity contribution < 1.29 is 26.2 Å². The first kappa shape index (κ1) is 30.9. The molecule has 2 aromatic heterocycles. The summed E-state index contributed by atoms with van der Waals surface area (Å²) in [4.78, 5) is 9.88. The van der Waals surface area contributed by atoms with Gasteiger partial charge in [0.1, 0.15) is 10.8 Å². The molecular formula is C38H35N2OPtS-. The summed E-state index contributed by atoms with van der Waals surface area (Å²) >= 11 is 1.59. The standard InChI is InChI=1S/C38H35N2OS.Pt/c1-37(2,3)28-17-18-39-32(23-28)27-19-26(20-29(21-27)38(4,5)6)30-13-10-14-34-35(30)40-36(42-34)31-22-25(15-16-33(31)41)24-11-8-7-9-12-24;/h7-18,20-23,41H,1-6H3;/q-1;. The molecule has 220 valence electrons. The number of fused-ring (bicyclic) bond motifs is 1. The van der Waals surface area contributed by atoms with Crippen LogP contribution in [0.4, 0.5) is 0 Å². The Morgan fingerprint density at radius 2 is 1.40 bits per heavy atom. The molecule has 5 heteroatoms. The van der Waals surface area contributed by atoms with E-state index in [0.717, 1.165) is 54.3 Å². The van der Waals surface area contributed by atoms with Gasteiger partial charge < -0.3 is 5.11 Å². The smallest absolute Gasteiger partial charge is 0.127 e. The minimum Gasteiger partial charge on any atom is -0.507 e. The number of aromatic hydroxyl groups is 1. The average molecular weight is 763 g/mol. The molecule has 0 unspecified atom stereocenters. The number of para-hydroxylation sites is 1. The minimum atomic E-state index is -0.0644. The maximum absolute atomic E-state index is 10.9. The Morgan fingerprint density at radius 3 is 2.12 bits per heavy atom. The van der Waals surface area contributed by atoms with Crippen LogP contribution in [0.5, 0.6) is 5.75 Å². The molecule has 0 atom stereocenters. The summed E-state index contributed by atoms with van der Waals surface area (Å²) in [6.45, 7) is 13.4. The Kier molecular flexibility index (Phi) is 8.49. The maximum atomic E-state index is 10.9. The van der Waals surface area contributed by atoms with E-state index in [9.17, 15) is 5.11 Å². The van der Waals surface area contributed by atoms with Crippen LogP contribution in [0.15, 0.2) is 97.2 Å². The van der Waals surface area contributed by atoms with Crippen molar-refractivity contribution >= 4 is 21.6 Å². The zero-order valence-electron chi connectivity index (χ0n) is 25.3. The van der Waals surface area contributed by atoms with Gasteiger partial charge in [-0.05, 0) is 51.8 Å². The molecule has 0 bridgehead atoms. The molecule has 0 aliphatic rings. The van der Waals surface area contributed by atoms with Crippen LogP contribution >= 0.6 is 11.3 Å². The van der Waals surface area contributed by atoms with Crippen molar-refractivity contribution in [2.75, 3.05) is 0 Å². The Bertz CT molecular complexity index is 1910. The average Bonchev–Trinajstić information content (AvgIpc) is 3.41. The molecule has 0 saturated heterocycles. The summed E-state index contributed by atoms with van der Waals surface area (Å²) in [7, 11) is 0. The van der Waals surface area contributed by atoms with Gasteiger partial charge in [-0.2, -0.15) is 0 Å². The molecule has 1 N–H and O–H groups in total. The van der Waals surface area contributed by atoms with E-state index in [1.54, 1.807) is 17.4 Å². The van der Waals surface area contributed by atoms with Crippen molar-refractivity contribution in [2.45, 2.75) is 52.4 Å². The summed E-state index contributed by atoms with van der Waals surface area (Å²) in [5.74, 6) is 0.226. The van der Waals surface area contributed by atoms with Crippen LogP contribution in [0.2, 0.25) is 0 Å². The summed E-state index contributed by atoms with van der Waals surface area (Å²) < 4.78 is 1.07. The zero-order chi connectivity index (χ0) is 29.6. The number of pyridine rings is 1. The predicted molar refractivity (Wildman–Crippen MR) is 177 cm³/mol. The van der Waals surface area contributed by atoms with Gasteiger partial charge in [-0.3, -0.25) is 4.98 Å². The summed E-state index contributed by atoms with van der Waals surface area (Å²) in [6.07, 6.45) is 1.90. The number of hydrogen-bond acceptors (Lipinski definition) is 4. The van der Waals surface area contributed by atoms with Crippen molar-refractivity contribution in [3.63, 3.8) is 0 Å². The van der Waals surface area contributed by atoms with E-state index in [1.165, 1.54) is 11.1 Å². The van der Waals surface area contributed by atoms with E-state index in [4.69, 9.17) is 9.97 Å². The van der Waals surface area contributed by atoms with Crippen LogP contribution in [0.25, 0.3) is 54.3 Å². The molecule has 0 radical (unpaired) electrons. The first-order chi connectivity index (χ1) is 20.0. The van der Waals surface area contributed by atoms with Gasteiger partial charge in [-0.15, -0.1) is 40.7 Å². The molecule has 6 rings (SSSR count). The quantitative estimate of drug-likeness (QED) is 0.182. The molecule has 2 heterocycles.